The quantitative estimate of drug-likeness (QED) is 0.653. The molecule has 98 valence electrons. The topological polar surface area (TPSA) is 30.2 Å². The van der Waals surface area contributed by atoms with Crippen molar-refractivity contribution in [3.63, 3.8) is 0 Å². The summed E-state index contributed by atoms with van der Waals surface area (Å²) in [7, 11) is 0. The summed E-state index contributed by atoms with van der Waals surface area (Å²) in [4.78, 5) is 11.5. The Labute approximate surface area is 114 Å². The van der Waals surface area contributed by atoms with Crippen LogP contribution < -0.4 is 5.63 Å². The monoisotopic (exact) mass is 266 g/mol. The van der Waals surface area contributed by atoms with Gasteiger partial charge in [-0.05, 0) is 23.3 Å². The fourth-order valence-corrected chi connectivity index (χ4v) is 2.05. The smallest absolute Gasteiger partial charge is 0.336 e. The standard InChI is InChI=1S/C17H11FO2/c18-14-8-9-15-13(10-17(19)20-16(15)11-14)7-6-12-4-2-1-3-5-12/h1-11H/b7-6+. The number of fused-ring (bicyclic) bond motifs is 1. The summed E-state index contributed by atoms with van der Waals surface area (Å²) >= 11 is 0. The van der Waals surface area contributed by atoms with Gasteiger partial charge in [0, 0.05) is 17.5 Å². The first-order valence-electron chi connectivity index (χ1n) is 6.19. The molecule has 0 amide bonds. The van der Waals surface area contributed by atoms with Crippen LogP contribution in [0, 0.1) is 5.82 Å². The van der Waals surface area contributed by atoms with Crippen LogP contribution in [0.2, 0.25) is 0 Å². The normalized spacial score (nSPS) is 11.2. The Balaban J connectivity index is 2.12. The van der Waals surface area contributed by atoms with E-state index >= 15 is 0 Å². The molecule has 3 aromatic rings. The second-order valence-electron chi connectivity index (χ2n) is 4.41. The van der Waals surface area contributed by atoms with Crippen molar-refractivity contribution in [2.45, 2.75) is 0 Å². The van der Waals surface area contributed by atoms with E-state index in [1.165, 1.54) is 18.2 Å². The molecule has 0 atom stereocenters. The molecule has 1 aromatic heterocycles. The minimum atomic E-state index is -0.490. The largest absolute Gasteiger partial charge is 0.423 e. The van der Waals surface area contributed by atoms with Crippen LogP contribution in [0.1, 0.15) is 11.1 Å². The number of halogens is 1. The molecule has 2 aromatic carbocycles. The minimum Gasteiger partial charge on any atom is -0.423 e. The summed E-state index contributed by atoms with van der Waals surface area (Å²) in [6, 6.07) is 15.3. The van der Waals surface area contributed by atoms with Crippen LogP contribution in [0.15, 0.2) is 63.8 Å². The molecule has 3 heteroatoms. The summed E-state index contributed by atoms with van der Waals surface area (Å²) in [6.07, 6.45) is 3.73. The Morgan fingerprint density at radius 2 is 1.75 bits per heavy atom. The second kappa shape index (κ2) is 5.13. The Morgan fingerprint density at radius 1 is 0.950 bits per heavy atom. The lowest BCUT2D eigenvalue weighted by Crippen LogP contribution is -1.98. The molecule has 20 heavy (non-hydrogen) atoms. The molecule has 0 unspecified atom stereocenters. The third kappa shape index (κ3) is 2.52. The van der Waals surface area contributed by atoms with Gasteiger partial charge in [0.15, 0.2) is 0 Å². The molecule has 0 bridgehead atoms. The fraction of sp³-hybridized carbons (Fsp3) is 0. The van der Waals surface area contributed by atoms with Gasteiger partial charge in [-0.2, -0.15) is 0 Å². The van der Waals surface area contributed by atoms with Crippen LogP contribution >= 0.6 is 0 Å². The Morgan fingerprint density at radius 3 is 2.55 bits per heavy atom. The van der Waals surface area contributed by atoms with Crippen molar-refractivity contribution >= 4 is 23.1 Å². The van der Waals surface area contributed by atoms with Gasteiger partial charge >= 0.3 is 5.63 Å². The molecule has 0 saturated heterocycles. The zero-order chi connectivity index (χ0) is 13.9. The third-order valence-electron chi connectivity index (χ3n) is 2.99. The summed E-state index contributed by atoms with van der Waals surface area (Å²) < 4.78 is 18.2. The average molecular weight is 266 g/mol. The van der Waals surface area contributed by atoms with Crippen LogP contribution in [-0.2, 0) is 0 Å². The van der Waals surface area contributed by atoms with E-state index in [0.717, 1.165) is 5.56 Å². The highest BCUT2D eigenvalue weighted by Gasteiger charge is 2.04. The first-order valence-corrected chi connectivity index (χ1v) is 6.19. The third-order valence-corrected chi connectivity index (χ3v) is 2.99. The molecule has 0 N–H and O–H groups in total. The van der Waals surface area contributed by atoms with Gasteiger partial charge in [0.2, 0.25) is 0 Å². The number of rotatable bonds is 2. The first kappa shape index (κ1) is 12.4. The van der Waals surface area contributed by atoms with Gasteiger partial charge < -0.3 is 4.42 Å². The highest BCUT2D eigenvalue weighted by molar-refractivity contribution is 5.89. The maximum atomic E-state index is 13.2. The molecular formula is C17H11FO2. The van der Waals surface area contributed by atoms with Gasteiger partial charge in [-0.3, -0.25) is 0 Å². The second-order valence-corrected chi connectivity index (χ2v) is 4.41. The van der Waals surface area contributed by atoms with Crippen LogP contribution in [0.5, 0.6) is 0 Å². The summed E-state index contributed by atoms with van der Waals surface area (Å²) in [5, 5.41) is 0.707. The maximum Gasteiger partial charge on any atom is 0.336 e. The van der Waals surface area contributed by atoms with Crippen molar-refractivity contribution in [1.29, 1.82) is 0 Å². The van der Waals surface area contributed by atoms with Crippen molar-refractivity contribution < 1.29 is 8.81 Å². The van der Waals surface area contributed by atoms with Gasteiger partial charge in [0.1, 0.15) is 11.4 Å². The molecule has 0 spiro atoms. The molecule has 0 aliphatic carbocycles. The molecule has 0 radical (unpaired) electrons. The number of hydrogen-bond acceptors (Lipinski definition) is 2. The predicted molar refractivity (Wildman–Crippen MR) is 77.8 cm³/mol. The van der Waals surface area contributed by atoms with Crippen LogP contribution in [0.4, 0.5) is 4.39 Å². The molecule has 0 fully saturated rings. The molecule has 0 aliphatic heterocycles. The zero-order valence-corrected chi connectivity index (χ0v) is 10.5. The zero-order valence-electron chi connectivity index (χ0n) is 10.5. The average Bonchev–Trinajstić information content (AvgIpc) is 2.45. The van der Waals surface area contributed by atoms with Crippen molar-refractivity contribution in [3.05, 3.63) is 82.0 Å². The van der Waals surface area contributed by atoms with E-state index in [1.807, 2.05) is 42.5 Å². The molecule has 2 nitrogen and oxygen atoms in total. The number of benzene rings is 2. The summed E-state index contributed by atoms with van der Waals surface area (Å²) in [5.74, 6) is -0.426. The van der Waals surface area contributed by atoms with Gasteiger partial charge in [-0.25, -0.2) is 9.18 Å². The first-order chi connectivity index (χ1) is 9.72. The predicted octanol–water partition coefficient (Wildman–Crippen LogP) is 4.10. The molecule has 3 rings (SSSR count). The van der Waals surface area contributed by atoms with Gasteiger partial charge in [-0.15, -0.1) is 0 Å². The van der Waals surface area contributed by atoms with E-state index in [-0.39, 0.29) is 5.58 Å². The van der Waals surface area contributed by atoms with E-state index in [0.29, 0.717) is 10.9 Å². The Kier molecular flexibility index (Phi) is 3.17. The molecule has 1 heterocycles. The lowest BCUT2D eigenvalue weighted by molar-refractivity contribution is 0.554. The Bertz CT molecular complexity index is 832. The fourth-order valence-electron chi connectivity index (χ4n) is 2.05. The maximum absolute atomic E-state index is 13.2. The number of hydrogen-bond donors (Lipinski definition) is 0. The summed E-state index contributed by atoms with van der Waals surface area (Å²) in [5.41, 5.74) is 1.50. The van der Waals surface area contributed by atoms with E-state index in [9.17, 15) is 9.18 Å². The van der Waals surface area contributed by atoms with E-state index in [1.54, 1.807) is 6.07 Å². The van der Waals surface area contributed by atoms with Gasteiger partial charge in [0.05, 0.1) is 0 Å². The highest BCUT2D eigenvalue weighted by atomic mass is 19.1. The lowest BCUT2D eigenvalue weighted by atomic mass is 10.1. The van der Waals surface area contributed by atoms with Crippen LogP contribution in [0.25, 0.3) is 23.1 Å². The van der Waals surface area contributed by atoms with E-state index in [2.05, 4.69) is 0 Å². The van der Waals surface area contributed by atoms with Gasteiger partial charge in [0.25, 0.3) is 0 Å². The van der Waals surface area contributed by atoms with Crippen molar-refractivity contribution in [2.24, 2.45) is 0 Å². The lowest BCUT2D eigenvalue weighted by Gasteiger charge is -2.01. The van der Waals surface area contributed by atoms with Crippen molar-refractivity contribution in [2.75, 3.05) is 0 Å². The molecular weight excluding hydrogens is 255 g/mol. The van der Waals surface area contributed by atoms with Crippen molar-refractivity contribution in [3.8, 4) is 0 Å². The molecule has 0 saturated carbocycles. The van der Waals surface area contributed by atoms with E-state index in [4.69, 9.17) is 4.42 Å². The summed E-state index contributed by atoms with van der Waals surface area (Å²) in [6.45, 7) is 0. The van der Waals surface area contributed by atoms with E-state index < -0.39 is 11.4 Å². The highest BCUT2D eigenvalue weighted by Crippen LogP contribution is 2.20. The minimum absolute atomic E-state index is 0.255. The van der Waals surface area contributed by atoms with Crippen molar-refractivity contribution in [1.82, 2.24) is 0 Å². The van der Waals surface area contributed by atoms with Gasteiger partial charge in [-0.1, -0.05) is 42.5 Å². The van der Waals surface area contributed by atoms with Crippen LogP contribution in [-0.4, -0.2) is 0 Å². The Hall–Kier alpha value is -2.68. The SMILES string of the molecule is O=c1cc(/C=C/c2ccccc2)c2ccc(F)cc2o1. The van der Waals surface area contributed by atoms with Crippen LogP contribution in [0.3, 0.4) is 0 Å². The molecule has 0 aliphatic rings.